The van der Waals surface area contributed by atoms with Gasteiger partial charge in [-0.2, -0.15) is 22.0 Å². The number of thiol groups is 1. The maximum Gasteiger partial charge on any atom is 0.435 e. The Labute approximate surface area is 235 Å². The van der Waals surface area contributed by atoms with Gasteiger partial charge in [-0.25, -0.2) is 4.98 Å². The molecule has 0 saturated carbocycles. The zero-order valence-electron chi connectivity index (χ0n) is 21.9. The lowest BCUT2D eigenvalue weighted by molar-refractivity contribution is -0.141. The molecule has 0 aliphatic heterocycles. The summed E-state index contributed by atoms with van der Waals surface area (Å²) >= 11 is 4.33. The lowest BCUT2D eigenvalue weighted by atomic mass is 10.1. The van der Waals surface area contributed by atoms with Crippen molar-refractivity contribution in [2.75, 3.05) is 0 Å². The number of ether oxygens (including phenoxy) is 1. The van der Waals surface area contributed by atoms with Gasteiger partial charge in [0.25, 0.3) is 0 Å². The molecule has 0 N–H and O–H groups in total. The van der Waals surface area contributed by atoms with E-state index in [1.54, 1.807) is 41.0 Å². The summed E-state index contributed by atoms with van der Waals surface area (Å²) in [5.41, 5.74) is 1.43. The topological polar surface area (TPSA) is 30.3 Å². The van der Waals surface area contributed by atoms with Crippen LogP contribution in [-0.2, 0) is 32.4 Å². The zero-order chi connectivity index (χ0) is 28.7. The molecule has 40 heavy (non-hydrogen) atoms. The summed E-state index contributed by atoms with van der Waals surface area (Å²) in [4.78, 5) is 6.80. The summed E-state index contributed by atoms with van der Waals surface area (Å²) in [5, 5.41) is 0. The molecule has 4 aromatic rings. The highest BCUT2D eigenvalue weighted by atomic mass is 32.1. The van der Waals surface area contributed by atoms with Crippen LogP contribution in [0, 0.1) is 0 Å². The van der Waals surface area contributed by atoms with Gasteiger partial charge in [-0.3, -0.25) is 4.90 Å². The van der Waals surface area contributed by atoms with Crippen molar-refractivity contribution in [3.05, 3.63) is 101 Å². The highest BCUT2D eigenvalue weighted by molar-refractivity contribution is 7.80. The van der Waals surface area contributed by atoms with Gasteiger partial charge in [0.1, 0.15) is 11.6 Å². The molecular formula is C30H30F5N3OS. The van der Waals surface area contributed by atoms with Crippen molar-refractivity contribution in [3.63, 3.8) is 0 Å². The number of nitrogens with zero attached hydrogens (tertiary/aromatic N) is 3. The Morgan fingerprint density at radius 2 is 1.48 bits per heavy atom. The van der Waals surface area contributed by atoms with Crippen LogP contribution in [-0.4, -0.2) is 21.1 Å². The van der Waals surface area contributed by atoms with Gasteiger partial charge in [-0.05, 0) is 41.8 Å². The summed E-state index contributed by atoms with van der Waals surface area (Å²) in [5.74, 6) is 0.295. The average molecular weight is 576 g/mol. The van der Waals surface area contributed by atoms with Crippen LogP contribution in [0.15, 0.2) is 83.8 Å². The molecule has 0 aliphatic carbocycles. The van der Waals surface area contributed by atoms with Crippen molar-refractivity contribution in [2.24, 2.45) is 0 Å². The number of rotatable bonds is 12. The molecule has 10 heteroatoms. The van der Waals surface area contributed by atoms with E-state index in [2.05, 4.69) is 22.3 Å². The molecule has 0 unspecified atom stereocenters. The molecule has 0 saturated heterocycles. The van der Waals surface area contributed by atoms with Gasteiger partial charge in [0.2, 0.25) is 0 Å². The second kappa shape index (κ2) is 13.3. The fourth-order valence-electron chi connectivity index (χ4n) is 4.51. The Morgan fingerprint density at radius 1 is 0.875 bits per heavy atom. The number of unbranched alkanes of at least 4 members (excludes halogenated alkanes) is 1. The molecule has 1 heterocycles. The van der Waals surface area contributed by atoms with E-state index in [9.17, 15) is 22.0 Å². The van der Waals surface area contributed by atoms with Crippen molar-refractivity contribution in [1.29, 1.82) is 0 Å². The predicted molar refractivity (Wildman–Crippen MR) is 147 cm³/mol. The standard InChI is InChI=1S/C30H30F5N3OS/c1-2-3-17-38-26(27(30(33,34)35)36-28(38)23-7-5-4-6-8-23)20-37(19-22-11-15-25(40)16-12-22)18-21-9-13-24(14-10-21)39-29(31)32/h4-16,29,40H,2-3,17-20H2,1H3. The van der Waals surface area contributed by atoms with Crippen LogP contribution >= 0.6 is 12.6 Å². The normalized spacial score (nSPS) is 11.9. The van der Waals surface area contributed by atoms with E-state index in [1.807, 2.05) is 42.2 Å². The molecule has 4 nitrogen and oxygen atoms in total. The van der Waals surface area contributed by atoms with Crippen LogP contribution in [0.1, 0.15) is 42.3 Å². The number of aromatic nitrogens is 2. The molecule has 0 spiro atoms. The fraction of sp³-hybridized carbons (Fsp3) is 0.300. The minimum atomic E-state index is -4.65. The SMILES string of the molecule is CCCCn1c(-c2ccccc2)nc(C(F)(F)F)c1CN(Cc1ccc(S)cc1)Cc1ccc(OC(F)F)cc1. The van der Waals surface area contributed by atoms with Crippen LogP contribution < -0.4 is 4.74 Å². The van der Waals surface area contributed by atoms with E-state index in [0.29, 0.717) is 25.1 Å². The Morgan fingerprint density at radius 3 is 2.02 bits per heavy atom. The van der Waals surface area contributed by atoms with E-state index in [1.165, 1.54) is 12.1 Å². The van der Waals surface area contributed by atoms with Crippen molar-refractivity contribution < 1.29 is 26.7 Å². The molecule has 4 rings (SSSR count). The lowest BCUT2D eigenvalue weighted by Crippen LogP contribution is -2.26. The Balaban J connectivity index is 1.75. The molecule has 0 amide bonds. The Hall–Kier alpha value is -3.37. The van der Waals surface area contributed by atoms with Crippen LogP contribution in [0.3, 0.4) is 0 Å². The summed E-state index contributed by atoms with van der Waals surface area (Å²) in [6.45, 7) is 0.0223. The maximum absolute atomic E-state index is 14.4. The van der Waals surface area contributed by atoms with Gasteiger partial charge >= 0.3 is 12.8 Å². The highest BCUT2D eigenvalue weighted by Gasteiger charge is 2.39. The fourth-order valence-corrected chi connectivity index (χ4v) is 4.66. The van der Waals surface area contributed by atoms with Crippen molar-refractivity contribution in [2.45, 2.75) is 63.6 Å². The summed E-state index contributed by atoms with van der Waals surface area (Å²) in [6, 6.07) is 22.4. The minimum absolute atomic E-state index is 0.0131. The van der Waals surface area contributed by atoms with Gasteiger partial charge in [0, 0.05) is 36.6 Å². The quantitative estimate of drug-likeness (QED) is 0.136. The molecule has 0 aliphatic rings. The van der Waals surface area contributed by atoms with E-state index in [0.717, 1.165) is 22.4 Å². The molecule has 212 valence electrons. The number of alkyl halides is 5. The van der Waals surface area contributed by atoms with Crippen molar-refractivity contribution in [1.82, 2.24) is 14.5 Å². The second-order valence-electron chi connectivity index (χ2n) is 9.43. The summed E-state index contributed by atoms with van der Waals surface area (Å²) < 4.78 is 74.5. The molecule has 0 bridgehead atoms. The third-order valence-corrected chi connectivity index (χ3v) is 6.68. The van der Waals surface area contributed by atoms with Crippen LogP contribution in [0.2, 0.25) is 0 Å². The average Bonchev–Trinajstić information content (AvgIpc) is 3.28. The van der Waals surface area contributed by atoms with Gasteiger partial charge in [0.15, 0.2) is 5.69 Å². The second-order valence-corrected chi connectivity index (χ2v) is 9.95. The number of imidazole rings is 1. The molecule has 0 radical (unpaired) electrons. The first-order chi connectivity index (χ1) is 19.1. The largest absolute Gasteiger partial charge is 0.435 e. The van der Waals surface area contributed by atoms with E-state index < -0.39 is 18.5 Å². The first-order valence-corrected chi connectivity index (χ1v) is 13.3. The van der Waals surface area contributed by atoms with Gasteiger partial charge < -0.3 is 9.30 Å². The first-order valence-electron chi connectivity index (χ1n) is 12.9. The summed E-state index contributed by atoms with van der Waals surface area (Å²) in [7, 11) is 0. The monoisotopic (exact) mass is 575 g/mol. The van der Waals surface area contributed by atoms with Crippen LogP contribution in [0.25, 0.3) is 11.4 Å². The molecule has 1 aromatic heterocycles. The first kappa shape index (κ1) is 29.6. The number of benzene rings is 3. The zero-order valence-corrected chi connectivity index (χ0v) is 22.8. The number of halogens is 5. The van der Waals surface area contributed by atoms with E-state index >= 15 is 0 Å². The Kier molecular flexibility index (Phi) is 9.86. The maximum atomic E-state index is 14.4. The van der Waals surface area contributed by atoms with Gasteiger partial charge in [-0.1, -0.05) is 67.9 Å². The molecule has 3 aromatic carbocycles. The van der Waals surface area contributed by atoms with Crippen LogP contribution in [0.5, 0.6) is 5.75 Å². The number of hydrogen-bond donors (Lipinski definition) is 1. The van der Waals surface area contributed by atoms with E-state index in [4.69, 9.17) is 0 Å². The molecular weight excluding hydrogens is 545 g/mol. The smallest absolute Gasteiger partial charge is 0.435 e. The highest BCUT2D eigenvalue weighted by Crippen LogP contribution is 2.36. The minimum Gasteiger partial charge on any atom is -0.435 e. The van der Waals surface area contributed by atoms with Crippen molar-refractivity contribution >= 4 is 12.6 Å². The third kappa shape index (κ3) is 7.85. The predicted octanol–water partition coefficient (Wildman–Crippen LogP) is 8.46. The Bertz CT molecular complexity index is 1360. The molecule has 0 atom stereocenters. The summed E-state index contributed by atoms with van der Waals surface area (Å²) in [6.07, 6.45) is -3.15. The molecule has 0 fully saturated rings. The number of hydrogen-bond acceptors (Lipinski definition) is 4. The van der Waals surface area contributed by atoms with E-state index in [-0.39, 0.29) is 30.4 Å². The third-order valence-electron chi connectivity index (χ3n) is 6.38. The van der Waals surface area contributed by atoms with Gasteiger partial charge in [0.05, 0.1) is 5.69 Å². The van der Waals surface area contributed by atoms with Crippen LogP contribution in [0.4, 0.5) is 22.0 Å². The lowest BCUT2D eigenvalue weighted by Gasteiger charge is -2.25. The van der Waals surface area contributed by atoms with Gasteiger partial charge in [-0.15, -0.1) is 12.6 Å². The van der Waals surface area contributed by atoms with Crippen molar-refractivity contribution in [3.8, 4) is 17.1 Å².